The smallest absolute Gasteiger partial charge is 0.225 e. The molecule has 0 fully saturated rings. The van der Waals surface area contributed by atoms with E-state index in [4.69, 9.17) is 11.6 Å². The standard InChI is InChI=1S/C14H12ClN3S2/c15-14-17-12(11-6-8-20-13(11)18-14)16-7-9-19-10-4-2-1-3-5-10/h1-6,8H,7,9H2,(H,16,17,18). The van der Waals surface area contributed by atoms with Crippen LogP contribution in [-0.2, 0) is 0 Å². The van der Waals surface area contributed by atoms with Gasteiger partial charge in [-0.25, -0.2) is 9.97 Å². The van der Waals surface area contributed by atoms with Gasteiger partial charge in [0.05, 0.1) is 5.39 Å². The van der Waals surface area contributed by atoms with Gasteiger partial charge in [0.15, 0.2) is 0 Å². The lowest BCUT2D eigenvalue weighted by molar-refractivity contribution is 1.15. The van der Waals surface area contributed by atoms with Gasteiger partial charge in [-0.3, -0.25) is 0 Å². The summed E-state index contributed by atoms with van der Waals surface area (Å²) in [4.78, 5) is 10.7. The van der Waals surface area contributed by atoms with Crippen LogP contribution in [0.25, 0.3) is 10.2 Å². The van der Waals surface area contributed by atoms with Gasteiger partial charge in [-0.15, -0.1) is 23.1 Å². The van der Waals surface area contributed by atoms with Crippen molar-refractivity contribution in [3.63, 3.8) is 0 Å². The molecule has 0 bridgehead atoms. The number of thiophene rings is 1. The summed E-state index contributed by atoms with van der Waals surface area (Å²) in [6, 6.07) is 12.4. The number of thioether (sulfide) groups is 1. The van der Waals surface area contributed by atoms with Crippen molar-refractivity contribution in [2.45, 2.75) is 4.90 Å². The summed E-state index contributed by atoms with van der Waals surface area (Å²) in [6.45, 7) is 0.831. The Kier molecular flexibility index (Phi) is 4.40. The minimum absolute atomic E-state index is 0.290. The predicted octanol–water partition coefficient (Wildman–Crippen LogP) is 4.55. The van der Waals surface area contributed by atoms with Crippen molar-refractivity contribution in [1.29, 1.82) is 0 Å². The van der Waals surface area contributed by atoms with Crippen LogP contribution in [0.15, 0.2) is 46.7 Å². The first kappa shape index (κ1) is 13.7. The molecule has 0 saturated carbocycles. The summed E-state index contributed by atoms with van der Waals surface area (Å²) in [6.07, 6.45) is 0. The molecule has 0 aliphatic heterocycles. The Morgan fingerprint density at radius 3 is 2.85 bits per heavy atom. The molecule has 1 N–H and O–H groups in total. The van der Waals surface area contributed by atoms with Crippen LogP contribution in [0.5, 0.6) is 0 Å². The average Bonchev–Trinajstić information content (AvgIpc) is 2.92. The second kappa shape index (κ2) is 6.43. The molecular formula is C14H12ClN3S2. The van der Waals surface area contributed by atoms with E-state index < -0.39 is 0 Å². The topological polar surface area (TPSA) is 37.8 Å². The van der Waals surface area contributed by atoms with Crippen molar-refractivity contribution in [3.05, 3.63) is 47.1 Å². The van der Waals surface area contributed by atoms with E-state index in [1.54, 1.807) is 11.3 Å². The Labute approximate surface area is 130 Å². The highest BCUT2D eigenvalue weighted by molar-refractivity contribution is 7.99. The summed E-state index contributed by atoms with van der Waals surface area (Å²) in [5.74, 6) is 1.78. The molecular weight excluding hydrogens is 310 g/mol. The molecule has 20 heavy (non-hydrogen) atoms. The molecule has 0 aliphatic carbocycles. The highest BCUT2D eigenvalue weighted by Gasteiger charge is 2.07. The minimum atomic E-state index is 0.290. The Morgan fingerprint density at radius 2 is 2.00 bits per heavy atom. The Morgan fingerprint density at radius 1 is 1.15 bits per heavy atom. The highest BCUT2D eigenvalue weighted by atomic mass is 35.5. The van der Waals surface area contributed by atoms with Gasteiger partial charge in [0, 0.05) is 17.2 Å². The zero-order valence-electron chi connectivity index (χ0n) is 10.5. The van der Waals surface area contributed by atoms with Crippen LogP contribution >= 0.6 is 34.7 Å². The van der Waals surface area contributed by atoms with Crippen LogP contribution < -0.4 is 5.32 Å². The van der Waals surface area contributed by atoms with E-state index in [0.29, 0.717) is 0 Å². The zero-order valence-corrected chi connectivity index (χ0v) is 12.9. The monoisotopic (exact) mass is 321 g/mol. The zero-order chi connectivity index (χ0) is 13.8. The number of nitrogens with zero attached hydrogens (tertiary/aromatic N) is 2. The molecule has 2 heterocycles. The summed E-state index contributed by atoms with van der Waals surface area (Å²) in [7, 11) is 0. The number of aromatic nitrogens is 2. The molecule has 2 aromatic heterocycles. The fraction of sp³-hybridized carbons (Fsp3) is 0.143. The molecule has 0 amide bonds. The molecule has 3 rings (SSSR count). The lowest BCUT2D eigenvalue weighted by Crippen LogP contribution is -2.06. The lowest BCUT2D eigenvalue weighted by atomic mass is 10.4. The van der Waals surface area contributed by atoms with Gasteiger partial charge in [0.2, 0.25) is 5.28 Å². The van der Waals surface area contributed by atoms with Crippen molar-refractivity contribution in [2.24, 2.45) is 0 Å². The largest absolute Gasteiger partial charge is 0.369 e. The Hall–Kier alpha value is -1.30. The van der Waals surface area contributed by atoms with E-state index in [1.807, 2.05) is 29.3 Å². The van der Waals surface area contributed by atoms with Crippen molar-refractivity contribution < 1.29 is 0 Å². The van der Waals surface area contributed by atoms with Crippen molar-refractivity contribution >= 4 is 50.7 Å². The van der Waals surface area contributed by atoms with Crippen LogP contribution in [0.2, 0.25) is 5.28 Å². The third-order valence-corrected chi connectivity index (χ3v) is 4.69. The Balaban J connectivity index is 1.61. The molecule has 6 heteroatoms. The normalized spacial score (nSPS) is 10.8. The van der Waals surface area contributed by atoms with Crippen LogP contribution in [0.3, 0.4) is 0 Å². The molecule has 102 valence electrons. The lowest BCUT2D eigenvalue weighted by Gasteiger charge is -2.07. The molecule has 0 radical (unpaired) electrons. The second-order valence-corrected chi connectivity index (χ2v) is 6.47. The number of benzene rings is 1. The summed E-state index contributed by atoms with van der Waals surface area (Å²) in [5.41, 5.74) is 0. The second-order valence-electron chi connectivity index (χ2n) is 4.07. The van der Waals surface area contributed by atoms with Gasteiger partial charge in [0.1, 0.15) is 10.6 Å². The maximum Gasteiger partial charge on any atom is 0.225 e. The van der Waals surface area contributed by atoms with Crippen molar-refractivity contribution in [3.8, 4) is 0 Å². The number of anilines is 1. The van der Waals surface area contributed by atoms with Gasteiger partial charge in [-0.2, -0.15) is 0 Å². The Bertz CT molecular complexity index is 700. The van der Waals surface area contributed by atoms with E-state index in [9.17, 15) is 0 Å². The maximum absolute atomic E-state index is 5.93. The first-order valence-electron chi connectivity index (χ1n) is 6.15. The van der Waals surface area contributed by atoms with Gasteiger partial charge in [0.25, 0.3) is 0 Å². The van der Waals surface area contributed by atoms with E-state index in [0.717, 1.165) is 28.3 Å². The average molecular weight is 322 g/mol. The highest BCUT2D eigenvalue weighted by Crippen LogP contribution is 2.26. The quantitative estimate of drug-likeness (QED) is 0.425. The van der Waals surface area contributed by atoms with E-state index in [2.05, 4.69) is 39.6 Å². The van der Waals surface area contributed by atoms with Crippen molar-refractivity contribution in [2.75, 3.05) is 17.6 Å². The number of hydrogen-bond donors (Lipinski definition) is 1. The SMILES string of the molecule is Clc1nc(NCCSc2ccccc2)c2ccsc2n1. The van der Waals surface area contributed by atoms with E-state index >= 15 is 0 Å². The first-order valence-corrected chi connectivity index (χ1v) is 8.40. The molecule has 3 nitrogen and oxygen atoms in total. The molecule has 0 spiro atoms. The molecule has 0 unspecified atom stereocenters. The molecule has 1 aromatic carbocycles. The molecule has 0 aliphatic rings. The number of fused-ring (bicyclic) bond motifs is 1. The summed E-state index contributed by atoms with van der Waals surface area (Å²) >= 11 is 9.31. The van der Waals surface area contributed by atoms with Gasteiger partial charge in [-0.05, 0) is 35.2 Å². The summed E-state index contributed by atoms with van der Waals surface area (Å²) < 4.78 is 0. The number of hydrogen-bond acceptors (Lipinski definition) is 5. The minimum Gasteiger partial charge on any atom is -0.369 e. The number of rotatable bonds is 5. The first-order chi connectivity index (χ1) is 9.83. The predicted molar refractivity (Wildman–Crippen MR) is 88.1 cm³/mol. The van der Waals surface area contributed by atoms with Crippen molar-refractivity contribution in [1.82, 2.24) is 9.97 Å². The van der Waals surface area contributed by atoms with Crippen LogP contribution in [0.4, 0.5) is 5.82 Å². The third-order valence-electron chi connectivity index (χ3n) is 2.70. The van der Waals surface area contributed by atoms with Gasteiger partial charge in [-0.1, -0.05) is 18.2 Å². The van der Waals surface area contributed by atoms with E-state index in [1.165, 1.54) is 4.90 Å². The van der Waals surface area contributed by atoms with Crippen LogP contribution in [0.1, 0.15) is 0 Å². The molecule has 0 atom stereocenters. The van der Waals surface area contributed by atoms with Gasteiger partial charge < -0.3 is 5.32 Å². The number of halogens is 1. The van der Waals surface area contributed by atoms with E-state index in [-0.39, 0.29) is 5.28 Å². The maximum atomic E-state index is 5.93. The summed E-state index contributed by atoms with van der Waals surface area (Å²) in [5, 5.41) is 6.66. The molecule has 0 saturated heterocycles. The van der Waals surface area contributed by atoms with Gasteiger partial charge >= 0.3 is 0 Å². The fourth-order valence-electron chi connectivity index (χ4n) is 1.82. The fourth-order valence-corrected chi connectivity index (χ4v) is 3.59. The van der Waals surface area contributed by atoms with Crippen LogP contribution in [0, 0.1) is 0 Å². The molecule has 3 aromatic rings. The number of nitrogens with one attached hydrogen (secondary N) is 1. The third kappa shape index (κ3) is 3.23. The van der Waals surface area contributed by atoms with Crippen LogP contribution in [-0.4, -0.2) is 22.3 Å².